The van der Waals surface area contributed by atoms with E-state index in [4.69, 9.17) is 18.9 Å². The van der Waals surface area contributed by atoms with E-state index in [1.807, 2.05) is 0 Å². The van der Waals surface area contributed by atoms with Crippen LogP contribution in [0.4, 0.5) is 5.69 Å². The molecule has 0 radical (unpaired) electrons. The Hall–Kier alpha value is -3.26. The Bertz CT molecular complexity index is 954. The Balaban J connectivity index is 2.47. The van der Waals surface area contributed by atoms with Crippen molar-refractivity contribution in [3.8, 4) is 23.0 Å². The monoisotopic (exact) mass is 417 g/mol. The summed E-state index contributed by atoms with van der Waals surface area (Å²) in [5, 5.41) is 2.70. The van der Waals surface area contributed by atoms with Crippen LogP contribution in [-0.2, 0) is 16.1 Å². The zero-order chi connectivity index (χ0) is 21.4. The summed E-state index contributed by atoms with van der Waals surface area (Å²) in [5.41, 5.74) is 1.78. The fraction of sp³-hybridized carbons (Fsp3) is 0.238. The van der Waals surface area contributed by atoms with Crippen molar-refractivity contribution in [1.29, 1.82) is 0 Å². The van der Waals surface area contributed by atoms with Crippen LogP contribution in [0.15, 0.2) is 36.4 Å². The molecule has 7 nitrogen and oxygen atoms in total. The summed E-state index contributed by atoms with van der Waals surface area (Å²) in [4.78, 5) is 11.9. The average molecular weight is 417 g/mol. The zero-order valence-corrected chi connectivity index (χ0v) is 17.7. The summed E-state index contributed by atoms with van der Waals surface area (Å²) in [6, 6.07) is 8.59. The summed E-state index contributed by atoms with van der Waals surface area (Å²) in [5.74, 6) is 1.94. The lowest BCUT2D eigenvalue weighted by atomic mass is 10.1. The molecule has 0 atom stereocenters. The van der Waals surface area contributed by atoms with Crippen molar-refractivity contribution in [3.05, 3.63) is 47.5 Å². The van der Waals surface area contributed by atoms with E-state index < -0.39 is 0 Å². The first-order valence-electron chi connectivity index (χ1n) is 8.58. The molecule has 0 unspecified atom stereocenters. The maximum atomic E-state index is 11.8. The number of hydrogen-bond acceptors (Lipinski definition) is 6. The SMILES string of the molecule is COc1cc(OC)c(C=CC(=S=O)c2ccc(OC)c(NC(C)=O)c2)c(OC)c1. The van der Waals surface area contributed by atoms with Crippen LogP contribution >= 0.6 is 0 Å². The molecule has 0 spiro atoms. The minimum atomic E-state index is -0.236. The number of ether oxygens (including phenoxy) is 4. The molecular formula is C21H23NO6S. The molecule has 0 fully saturated rings. The molecule has 0 bridgehead atoms. The van der Waals surface area contributed by atoms with E-state index >= 15 is 0 Å². The molecule has 0 heterocycles. The normalized spacial score (nSPS) is 10.4. The highest BCUT2D eigenvalue weighted by atomic mass is 32.1. The molecule has 0 aliphatic carbocycles. The number of amides is 1. The van der Waals surface area contributed by atoms with Gasteiger partial charge in [0.15, 0.2) is 0 Å². The minimum Gasteiger partial charge on any atom is -0.496 e. The second-order valence-corrected chi connectivity index (χ2v) is 6.43. The Labute approximate surface area is 173 Å². The molecule has 1 N–H and O–H groups in total. The third-order valence-electron chi connectivity index (χ3n) is 4.04. The third-order valence-corrected chi connectivity index (χ3v) is 4.59. The van der Waals surface area contributed by atoms with Gasteiger partial charge in [-0.15, -0.1) is 0 Å². The first-order chi connectivity index (χ1) is 14.0. The Morgan fingerprint density at radius 3 is 2.03 bits per heavy atom. The van der Waals surface area contributed by atoms with Crippen LogP contribution in [0.3, 0.4) is 0 Å². The number of allylic oxidation sites excluding steroid dienone is 1. The van der Waals surface area contributed by atoms with Crippen LogP contribution in [0.25, 0.3) is 6.08 Å². The largest absolute Gasteiger partial charge is 0.496 e. The number of methoxy groups -OCH3 is 4. The molecule has 0 saturated heterocycles. The molecule has 2 aromatic rings. The molecule has 1 amide bonds. The number of rotatable bonds is 8. The fourth-order valence-corrected chi connectivity index (χ4v) is 3.02. The molecule has 29 heavy (non-hydrogen) atoms. The standard InChI is InChI=1S/C21H23NO6S/c1-13(23)22-17-10-14(6-8-18(17)26-3)21(29-24)9-7-16-19(27-4)11-15(25-2)12-20(16)28-5/h6-12H,1-5H3,(H,22,23). The Kier molecular flexibility index (Phi) is 7.85. The van der Waals surface area contributed by atoms with Crippen LogP contribution in [0.1, 0.15) is 18.1 Å². The van der Waals surface area contributed by atoms with Gasteiger partial charge in [-0.05, 0) is 35.9 Å². The lowest BCUT2D eigenvalue weighted by Crippen LogP contribution is -2.08. The summed E-state index contributed by atoms with van der Waals surface area (Å²) >= 11 is 0.338. The topological polar surface area (TPSA) is 83.1 Å². The third kappa shape index (κ3) is 5.39. The van der Waals surface area contributed by atoms with Crippen molar-refractivity contribution in [2.75, 3.05) is 33.8 Å². The van der Waals surface area contributed by atoms with Crippen LogP contribution in [0, 0.1) is 0 Å². The molecule has 0 aliphatic heterocycles. The molecule has 0 aromatic heterocycles. The highest BCUT2D eigenvalue weighted by molar-refractivity contribution is 7.67. The molecular weight excluding hydrogens is 394 g/mol. The van der Waals surface area contributed by atoms with Crippen LogP contribution in [0.5, 0.6) is 23.0 Å². The van der Waals surface area contributed by atoms with Crippen LogP contribution in [-0.4, -0.2) is 43.4 Å². The van der Waals surface area contributed by atoms with E-state index in [0.717, 1.165) is 0 Å². The van der Waals surface area contributed by atoms with E-state index in [2.05, 4.69) is 5.32 Å². The van der Waals surface area contributed by atoms with Gasteiger partial charge in [0.2, 0.25) is 5.91 Å². The van der Waals surface area contributed by atoms with E-state index in [-0.39, 0.29) is 5.91 Å². The van der Waals surface area contributed by atoms with Crippen molar-refractivity contribution in [1.82, 2.24) is 0 Å². The van der Waals surface area contributed by atoms with E-state index in [1.54, 1.807) is 63.8 Å². The number of carbonyl (C=O) groups excluding carboxylic acids is 1. The lowest BCUT2D eigenvalue weighted by molar-refractivity contribution is -0.114. The predicted octanol–water partition coefficient (Wildman–Crippen LogP) is 3.13. The van der Waals surface area contributed by atoms with Crippen LogP contribution in [0.2, 0.25) is 0 Å². The van der Waals surface area contributed by atoms with Gasteiger partial charge in [0.25, 0.3) is 0 Å². The highest BCUT2D eigenvalue weighted by Gasteiger charge is 2.12. The number of carbonyl (C=O) groups is 1. The van der Waals surface area contributed by atoms with Gasteiger partial charge in [-0.25, -0.2) is 4.21 Å². The van der Waals surface area contributed by atoms with Gasteiger partial charge < -0.3 is 24.3 Å². The first kappa shape index (κ1) is 22.0. The van der Waals surface area contributed by atoms with Gasteiger partial charge in [0.1, 0.15) is 23.0 Å². The number of benzene rings is 2. The average Bonchev–Trinajstić information content (AvgIpc) is 2.73. The molecule has 154 valence electrons. The summed E-state index contributed by atoms with van der Waals surface area (Å²) in [7, 11) is 6.15. The molecule has 8 heteroatoms. The molecule has 2 rings (SSSR count). The van der Waals surface area contributed by atoms with Gasteiger partial charge in [-0.3, -0.25) is 4.79 Å². The second kappa shape index (κ2) is 10.3. The van der Waals surface area contributed by atoms with Crippen molar-refractivity contribution in [3.63, 3.8) is 0 Å². The summed E-state index contributed by atoms with van der Waals surface area (Å²) in [6.45, 7) is 1.40. The molecule has 0 aliphatic rings. The highest BCUT2D eigenvalue weighted by Crippen LogP contribution is 2.35. The number of hydrogen-bond donors (Lipinski definition) is 1. The van der Waals surface area contributed by atoms with Gasteiger partial charge >= 0.3 is 0 Å². The van der Waals surface area contributed by atoms with E-state index in [1.165, 1.54) is 14.0 Å². The molecule has 0 saturated carbocycles. The smallest absolute Gasteiger partial charge is 0.221 e. The molecule has 2 aromatic carbocycles. The van der Waals surface area contributed by atoms with Crippen molar-refractivity contribution in [2.45, 2.75) is 6.92 Å². The lowest BCUT2D eigenvalue weighted by Gasteiger charge is -2.13. The summed E-state index contributed by atoms with van der Waals surface area (Å²) in [6.07, 6.45) is 3.41. The van der Waals surface area contributed by atoms with E-state index in [0.29, 0.717) is 55.9 Å². The zero-order valence-electron chi connectivity index (χ0n) is 16.9. The van der Waals surface area contributed by atoms with Crippen molar-refractivity contribution >= 4 is 33.8 Å². The first-order valence-corrected chi connectivity index (χ1v) is 9.32. The minimum absolute atomic E-state index is 0.236. The van der Waals surface area contributed by atoms with Gasteiger partial charge in [0.05, 0.1) is 55.8 Å². The Morgan fingerprint density at radius 1 is 0.931 bits per heavy atom. The predicted molar refractivity (Wildman–Crippen MR) is 115 cm³/mol. The van der Waals surface area contributed by atoms with Gasteiger partial charge in [0, 0.05) is 19.1 Å². The quantitative estimate of drug-likeness (QED) is 0.404. The number of nitrogens with one attached hydrogen (secondary N) is 1. The summed E-state index contributed by atoms with van der Waals surface area (Å²) < 4.78 is 33.1. The Morgan fingerprint density at radius 2 is 1.55 bits per heavy atom. The maximum absolute atomic E-state index is 11.8. The van der Waals surface area contributed by atoms with Crippen molar-refractivity contribution in [2.24, 2.45) is 0 Å². The van der Waals surface area contributed by atoms with Crippen molar-refractivity contribution < 1.29 is 28.0 Å². The fourth-order valence-electron chi connectivity index (χ4n) is 2.68. The number of anilines is 1. The van der Waals surface area contributed by atoms with E-state index in [9.17, 15) is 9.00 Å². The second-order valence-electron chi connectivity index (χ2n) is 5.82. The van der Waals surface area contributed by atoms with Gasteiger partial charge in [-0.2, -0.15) is 0 Å². The van der Waals surface area contributed by atoms with Gasteiger partial charge in [-0.1, -0.05) is 0 Å². The van der Waals surface area contributed by atoms with Crippen LogP contribution < -0.4 is 24.3 Å². The maximum Gasteiger partial charge on any atom is 0.221 e.